The maximum atomic E-state index is 14.0. The first kappa shape index (κ1) is 23.0. The van der Waals surface area contributed by atoms with Crippen molar-refractivity contribution in [2.45, 2.75) is 45.3 Å². The smallest absolute Gasteiger partial charge is 0.328 e. The maximum absolute atomic E-state index is 14.0. The number of rotatable bonds is 6. The lowest BCUT2D eigenvalue weighted by atomic mass is 9.86. The zero-order valence-electron chi connectivity index (χ0n) is 20.4. The second kappa shape index (κ2) is 8.45. The summed E-state index contributed by atoms with van der Waals surface area (Å²) in [5, 5.41) is 3.99. The van der Waals surface area contributed by atoms with Gasteiger partial charge in [-0.15, -0.1) is 0 Å². The average molecular weight is 475 g/mol. The number of hydrogen-bond donors (Lipinski definition) is 2. The number of para-hydroxylation sites is 1. The Bertz CT molecular complexity index is 1310. The fourth-order valence-corrected chi connectivity index (χ4v) is 5.42. The molecule has 2 N–H and O–H groups in total. The van der Waals surface area contributed by atoms with Gasteiger partial charge in [-0.05, 0) is 48.6 Å². The average Bonchev–Trinajstić information content (AvgIpc) is 3.33. The van der Waals surface area contributed by atoms with E-state index in [-0.39, 0.29) is 24.3 Å². The number of amides is 4. The standard InChI is InChI=1S/C27H30N4O4/c1-16(2)22(24(32)28-15-17-9-11-18(35-4)12-10-17)31-25(33)27(3)23-20(13-14-30(27)26(31)34)19-7-5-6-8-21(19)29-23/h5-12,16,22,29H,13-15H2,1-4H3,(H,28,32). The highest BCUT2D eigenvalue weighted by molar-refractivity contribution is 6.11. The van der Waals surface area contributed by atoms with Crippen LogP contribution in [-0.2, 0) is 28.1 Å². The number of ether oxygens (including phenoxy) is 1. The highest BCUT2D eigenvalue weighted by atomic mass is 16.5. The Hall–Kier alpha value is -3.81. The number of nitrogens with zero attached hydrogens (tertiary/aromatic N) is 2. The first-order valence-electron chi connectivity index (χ1n) is 11.9. The lowest BCUT2D eigenvalue weighted by Gasteiger charge is -2.36. The molecule has 0 spiro atoms. The van der Waals surface area contributed by atoms with Crippen LogP contribution in [0.2, 0.25) is 0 Å². The van der Waals surface area contributed by atoms with E-state index < -0.39 is 17.6 Å². The molecule has 2 aliphatic rings. The van der Waals surface area contributed by atoms with Gasteiger partial charge in [0.15, 0.2) is 5.54 Å². The van der Waals surface area contributed by atoms with Gasteiger partial charge in [-0.1, -0.05) is 44.2 Å². The predicted molar refractivity (Wildman–Crippen MR) is 132 cm³/mol. The Balaban J connectivity index is 1.44. The summed E-state index contributed by atoms with van der Waals surface area (Å²) in [6.07, 6.45) is 0.651. The van der Waals surface area contributed by atoms with Crippen molar-refractivity contribution in [3.63, 3.8) is 0 Å². The molecule has 2 atom stereocenters. The van der Waals surface area contributed by atoms with Crippen molar-refractivity contribution in [3.8, 4) is 5.75 Å². The summed E-state index contributed by atoms with van der Waals surface area (Å²) < 4.78 is 5.18. The normalized spacial score (nSPS) is 20.3. The Labute approximate surface area is 204 Å². The van der Waals surface area contributed by atoms with Crippen LogP contribution in [0.1, 0.15) is 37.6 Å². The Morgan fingerprint density at radius 3 is 2.54 bits per heavy atom. The van der Waals surface area contributed by atoms with Crippen molar-refractivity contribution in [1.29, 1.82) is 0 Å². The van der Waals surface area contributed by atoms with Gasteiger partial charge in [0.2, 0.25) is 5.91 Å². The third kappa shape index (κ3) is 3.47. The number of hydrogen-bond acceptors (Lipinski definition) is 4. The number of benzene rings is 2. The molecule has 0 aliphatic carbocycles. The Morgan fingerprint density at radius 1 is 1.14 bits per heavy atom. The minimum atomic E-state index is -1.17. The van der Waals surface area contributed by atoms with E-state index in [1.54, 1.807) is 18.9 Å². The molecule has 1 aromatic heterocycles. The number of nitrogens with one attached hydrogen (secondary N) is 2. The Morgan fingerprint density at radius 2 is 1.86 bits per heavy atom. The van der Waals surface area contributed by atoms with E-state index in [4.69, 9.17) is 4.74 Å². The molecule has 2 aromatic carbocycles. The third-order valence-electron chi connectivity index (χ3n) is 7.30. The van der Waals surface area contributed by atoms with Crippen molar-refractivity contribution in [3.05, 3.63) is 65.4 Å². The van der Waals surface area contributed by atoms with Crippen LogP contribution in [0.15, 0.2) is 48.5 Å². The van der Waals surface area contributed by atoms with Crippen molar-refractivity contribution < 1.29 is 19.1 Å². The summed E-state index contributed by atoms with van der Waals surface area (Å²) in [5.41, 5.74) is 2.47. The number of aromatic amines is 1. The molecule has 182 valence electrons. The highest BCUT2D eigenvalue weighted by Crippen LogP contribution is 2.45. The van der Waals surface area contributed by atoms with Crippen LogP contribution in [0.3, 0.4) is 0 Å². The van der Waals surface area contributed by atoms with Gasteiger partial charge in [-0.25, -0.2) is 9.69 Å². The first-order valence-corrected chi connectivity index (χ1v) is 11.9. The van der Waals surface area contributed by atoms with Crippen LogP contribution in [0.25, 0.3) is 10.9 Å². The highest BCUT2D eigenvalue weighted by Gasteiger charge is 2.61. The van der Waals surface area contributed by atoms with Crippen molar-refractivity contribution in [1.82, 2.24) is 20.1 Å². The van der Waals surface area contributed by atoms with Crippen LogP contribution in [0.5, 0.6) is 5.75 Å². The molecule has 5 rings (SSSR count). The lowest BCUT2D eigenvalue weighted by Crippen LogP contribution is -2.53. The molecule has 0 radical (unpaired) electrons. The zero-order valence-corrected chi connectivity index (χ0v) is 20.4. The van der Waals surface area contributed by atoms with Crippen molar-refractivity contribution in [2.75, 3.05) is 13.7 Å². The summed E-state index contributed by atoms with van der Waals surface area (Å²) in [6, 6.07) is 14.0. The second-order valence-corrected chi connectivity index (χ2v) is 9.71. The quantitative estimate of drug-likeness (QED) is 0.534. The van der Waals surface area contributed by atoms with E-state index in [0.717, 1.165) is 33.5 Å². The van der Waals surface area contributed by atoms with Gasteiger partial charge in [0.05, 0.1) is 12.8 Å². The van der Waals surface area contributed by atoms with Crippen molar-refractivity contribution in [2.24, 2.45) is 5.92 Å². The van der Waals surface area contributed by atoms with Gasteiger partial charge in [-0.2, -0.15) is 0 Å². The predicted octanol–water partition coefficient (Wildman–Crippen LogP) is 3.55. The molecular formula is C27H30N4O4. The summed E-state index contributed by atoms with van der Waals surface area (Å²) in [6.45, 7) is 6.20. The molecule has 0 bridgehead atoms. The van der Waals surface area contributed by atoms with E-state index in [0.29, 0.717) is 13.0 Å². The maximum Gasteiger partial charge on any atom is 0.328 e. The molecule has 0 saturated carbocycles. The minimum absolute atomic E-state index is 0.258. The first-order chi connectivity index (χ1) is 16.8. The van der Waals surface area contributed by atoms with Gasteiger partial charge in [-0.3, -0.25) is 9.59 Å². The largest absolute Gasteiger partial charge is 0.497 e. The van der Waals surface area contributed by atoms with Gasteiger partial charge < -0.3 is 19.9 Å². The van der Waals surface area contributed by atoms with E-state index in [9.17, 15) is 14.4 Å². The molecule has 1 fully saturated rings. The molecule has 35 heavy (non-hydrogen) atoms. The van der Waals surface area contributed by atoms with Crippen LogP contribution in [0.4, 0.5) is 4.79 Å². The van der Waals surface area contributed by atoms with Crippen LogP contribution >= 0.6 is 0 Å². The van der Waals surface area contributed by atoms with E-state index >= 15 is 0 Å². The molecule has 2 unspecified atom stereocenters. The third-order valence-corrected chi connectivity index (χ3v) is 7.30. The van der Waals surface area contributed by atoms with Crippen LogP contribution in [-0.4, -0.2) is 52.3 Å². The van der Waals surface area contributed by atoms with E-state index in [1.165, 1.54) is 4.90 Å². The zero-order chi connectivity index (χ0) is 24.9. The number of H-pyrrole nitrogens is 1. The number of imide groups is 1. The monoisotopic (exact) mass is 474 g/mol. The molecule has 8 nitrogen and oxygen atoms in total. The summed E-state index contributed by atoms with van der Waals surface area (Å²) in [4.78, 5) is 47.1. The number of carbonyl (C=O) groups is 3. The van der Waals surface area contributed by atoms with E-state index in [2.05, 4.69) is 10.3 Å². The molecule has 3 aromatic rings. The van der Waals surface area contributed by atoms with Crippen LogP contribution in [0, 0.1) is 5.92 Å². The fourth-order valence-electron chi connectivity index (χ4n) is 5.42. The molecule has 1 saturated heterocycles. The van der Waals surface area contributed by atoms with Gasteiger partial charge in [0.25, 0.3) is 5.91 Å². The van der Waals surface area contributed by atoms with Gasteiger partial charge in [0.1, 0.15) is 11.8 Å². The number of aromatic nitrogens is 1. The van der Waals surface area contributed by atoms with Crippen molar-refractivity contribution >= 4 is 28.7 Å². The van der Waals surface area contributed by atoms with E-state index in [1.807, 2.05) is 62.4 Å². The van der Waals surface area contributed by atoms with Crippen LogP contribution < -0.4 is 10.1 Å². The van der Waals surface area contributed by atoms with Gasteiger partial charge in [0, 0.05) is 24.0 Å². The molecule has 3 heterocycles. The Kier molecular flexibility index (Phi) is 5.54. The molecule has 8 heteroatoms. The lowest BCUT2D eigenvalue weighted by molar-refractivity contribution is -0.140. The molecule has 2 aliphatic heterocycles. The van der Waals surface area contributed by atoms with Gasteiger partial charge >= 0.3 is 6.03 Å². The topological polar surface area (TPSA) is 94.7 Å². The number of fused-ring (bicyclic) bond motifs is 5. The minimum Gasteiger partial charge on any atom is -0.497 e. The fraction of sp³-hybridized carbons (Fsp3) is 0.370. The summed E-state index contributed by atoms with van der Waals surface area (Å²) in [7, 11) is 1.60. The molecule has 4 amide bonds. The molecular weight excluding hydrogens is 444 g/mol. The number of urea groups is 1. The summed E-state index contributed by atoms with van der Waals surface area (Å²) in [5.74, 6) is -0.244. The second-order valence-electron chi connectivity index (χ2n) is 9.71. The number of methoxy groups -OCH3 is 1. The SMILES string of the molecule is COc1ccc(CNC(=O)C(C(C)C)N2C(=O)N3CCc4c([nH]c5ccccc45)C3(C)C2=O)cc1. The summed E-state index contributed by atoms with van der Waals surface area (Å²) >= 11 is 0. The number of carbonyl (C=O) groups excluding carboxylic acids is 3.